The molecule has 0 saturated carbocycles. The van der Waals surface area contributed by atoms with Crippen LogP contribution >= 0.6 is 11.5 Å². The second-order valence-corrected chi connectivity index (χ2v) is 8.62. The van der Waals surface area contributed by atoms with Gasteiger partial charge < -0.3 is 9.80 Å². The summed E-state index contributed by atoms with van der Waals surface area (Å²) in [5.41, 5.74) is 0.0478. The molecule has 4 aromatic rings. The Balaban J connectivity index is 1.41. The number of amides is 2. The lowest BCUT2D eigenvalue weighted by molar-refractivity contribution is -0.137. The lowest BCUT2D eigenvalue weighted by Crippen LogP contribution is -2.50. The summed E-state index contributed by atoms with van der Waals surface area (Å²) in [7, 11) is 0. The summed E-state index contributed by atoms with van der Waals surface area (Å²) in [6.07, 6.45) is -3.14. The number of para-hydroxylation sites is 1. The number of rotatable bonds is 3. The van der Waals surface area contributed by atoms with Crippen molar-refractivity contribution >= 4 is 34.2 Å². The van der Waals surface area contributed by atoms with Crippen molar-refractivity contribution in [3.63, 3.8) is 0 Å². The minimum atomic E-state index is -4.67. The van der Waals surface area contributed by atoms with Gasteiger partial charge >= 0.3 is 6.18 Å². The highest BCUT2D eigenvalue weighted by Gasteiger charge is 2.36. The third-order valence-corrected chi connectivity index (χ3v) is 6.43. The Labute approximate surface area is 202 Å². The van der Waals surface area contributed by atoms with Crippen LogP contribution in [0.4, 0.5) is 13.2 Å². The molecule has 1 aliphatic heterocycles. The van der Waals surface area contributed by atoms with Crippen molar-refractivity contribution in [1.29, 1.82) is 0 Å². The van der Waals surface area contributed by atoms with Gasteiger partial charge in [0, 0.05) is 54.3 Å². The summed E-state index contributed by atoms with van der Waals surface area (Å²) in [6.45, 7) is 0.930. The average Bonchev–Trinajstić information content (AvgIpc) is 3.42. The minimum absolute atomic E-state index is 0.0364. The zero-order chi connectivity index (χ0) is 24.6. The fourth-order valence-electron chi connectivity index (χ4n) is 4.18. The second-order valence-electron chi connectivity index (χ2n) is 8.01. The van der Waals surface area contributed by atoms with Crippen molar-refractivity contribution in [3.05, 3.63) is 76.9 Å². The van der Waals surface area contributed by atoms with Crippen molar-refractivity contribution in [1.82, 2.24) is 24.4 Å². The third-order valence-electron chi connectivity index (χ3n) is 5.93. The summed E-state index contributed by atoms with van der Waals surface area (Å²) < 4.78 is 46.0. The van der Waals surface area contributed by atoms with Crippen LogP contribution < -0.4 is 0 Å². The van der Waals surface area contributed by atoms with E-state index in [1.165, 1.54) is 23.2 Å². The maximum atomic E-state index is 14.1. The van der Waals surface area contributed by atoms with E-state index in [0.717, 1.165) is 23.0 Å². The van der Waals surface area contributed by atoms with Crippen LogP contribution in [0, 0.1) is 0 Å². The van der Waals surface area contributed by atoms with Gasteiger partial charge in [-0.25, -0.2) is 0 Å². The van der Waals surface area contributed by atoms with Gasteiger partial charge in [-0.2, -0.15) is 13.2 Å². The molecule has 35 heavy (non-hydrogen) atoms. The van der Waals surface area contributed by atoms with Gasteiger partial charge in [-0.15, -0.1) is 5.10 Å². The molecule has 3 heterocycles. The van der Waals surface area contributed by atoms with E-state index in [0.29, 0.717) is 11.1 Å². The van der Waals surface area contributed by atoms with Crippen LogP contribution in [-0.2, 0) is 6.18 Å². The molecular weight excluding hydrogens is 479 g/mol. The summed E-state index contributed by atoms with van der Waals surface area (Å²) >= 11 is 1.07. The van der Waals surface area contributed by atoms with Crippen molar-refractivity contribution < 1.29 is 22.8 Å². The number of alkyl halides is 3. The first kappa shape index (κ1) is 22.9. The van der Waals surface area contributed by atoms with E-state index in [-0.39, 0.29) is 48.9 Å². The first-order valence-corrected chi connectivity index (χ1v) is 11.6. The standard InChI is InChI=1S/C24H18F3N5O2S/c25-24(26,27)19-13-16(6-7-17(19)18-5-1-3-15-4-2-8-28-21(15)18)22(33)31-9-11-32(12-10-31)23(34)20-14-35-30-29-20/h1-8,13-14H,9-12H2. The molecular formula is C24H18F3N5O2S. The monoisotopic (exact) mass is 497 g/mol. The predicted octanol–water partition coefficient (Wildman–Crippen LogP) is 4.37. The van der Waals surface area contributed by atoms with Crippen LogP contribution in [0.1, 0.15) is 26.4 Å². The first-order valence-electron chi connectivity index (χ1n) is 10.7. The van der Waals surface area contributed by atoms with Crippen LogP contribution in [0.25, 0.3) is 22.0 Å². The van der Waals surface area contributed by atoms with Gasteiger partial charge in [-0.3, -0.25) is 14.6 Å². The van der Waals surface area contributed by atoms with Gasteiger partial charge in [0.25, 0.3) is 11.8 Å². The molecule has 0 N–H and O–H groups in total. The SMILES string of the molecule is O=C(c1ccc(-c2cccc3cccnc23)c(C(F)(F)F)c1)N1CCN(C(=O)c2csnn2)CC1. The highest BCUT2D eigenvalue weighted by atomic mass is 32.1. The number of hydrogen-bond acceptors (Lipinski definition) is 6. The number of pyridine rings is 1. The minimum Gasteiger partial charge on any atom is -0.335 e. The molecule has 1 saturated heterocycles. The molecule has 0 radical (unpaired) electrons. The molecule has 0 spiro atoms. The van der Waals surface area contributed by atoms with Crippen molar-refractivity contribution in [2.45, 2.75) is 6.18 Å². The Morgan fingerprint density at radius 1 is 0.886 bits per heavy atom. The number of halogens is 3. The number of carbonyl (C=O) groups excluding carboxylic acids is 2. The Morgan fingerprint density at radius 2 is 1.60 bits per heavy atom. The van der Waals surface area contributed by atoms with Crippen LogP contribution in [0.15, 0.2) is 60.1 Å². The number of benzene rings is 2. The predicted molar refractivity (Wildman–Crippen MR) is 124 cm³/mol. The number of piperazine rings is 1. The zero-order valence-corrected chi connectivity index (χ0v) is 19.0. The highest BCUT2D eigenvalue weighted by molar-refractivity contribution is 7.03. The van der Waals surface area contributed by atoms with Gasteiger partial charge in [0.15, 0.2) is 5.69 Å². The number of nitrogens with zero attached hydrogens (tertiary/aromatic N) is 5. The quantitative estimate of drug-likeness (QED) is 0.420. The molecule has 1 fully saturated rings. The topological polar surface area (TPSA) is 79.3 Å². The van der Waals surface area contributed by atoms with E-state index < -0.39 is 17.6 Å². The molecule has 2 aromatic carbocycles. The first-order chi connectivity index (χ1) is 16.8. The molecule has 1 aliphatic rings. The zero-order valence-electron chi connectivity index (χ0n) is 18.2. The summed E-state index contributed by atoms with van der Waals surface area (Å²) in [5, 5.41) is 6.03. The number of hydrogen-bond donors (Lipinski definition) is 0. The Kier molecular flexibility index (Phi) is 5.93. The fourth-order valence-corrected chi connectivity index (χ4v) is 4.61. The van der Waals surface area contributed by atoms with Gasteiger partial charge in [0.05, 0.1) is 11.1 Å². The van der Waals surface area contributed by atoms with Crippen LogP contribution in [0.3, 0.4) is 0 Å². The largest absolute Gasteiger partial charge is 0.417 e. The van der Waals surface area contributed by atoms with Crippen molar-refractivity contribution in [2.24, 2.45) is 0 Å². The Morgan fingerprint density at radius 3 is 2.29 bits per heavy atom. The molecule has 0 bridgehead atoms. The molecule has 2 aromatic heterocycles. The van der Waals surface area contributed by atoms with Crippen LogP contribution in [0.2, 0.25) is 0 Å². The van der Waals surface area contributed by atoms with E-state index in [9.17, 15) is 22.8 Å². The molecule has 2 amide bonds. The summed E-state index contributed by atoms with van der Waals surface area (Å²) in [5.74, 6) is -0.793. The van der Waals surface area contributed by atoms with E-state index >= 15 is 0 Å². The van der Waals surface area contributed by atoms with Crippen LogP contribution in [-0.4, -0.2) is 62.4 Å². The third kappa shape index (κ3) is 4.46. The normalized spacial score (nSPS) is 14.4. The molecule has 11 heteroatoms. The lowest BCUT2D eigenvalue weighted by Gasteiger charge is -2.34. The van der Waals surface area contributed by atoms with Gasteiger partial charge in [0.2, 0.25) is 0 Å². The van der Waals surface area contributed by atoms with Crippen LogP contribution in [0.5, 0.6) is 0 Å². The van der Waals surface area contributed by atoms with E-state index in [1.807, 2.05) is 0 Å². The molecule has 0 atom stereocenters. The maximum absolute atomic E-state index is 14.1. The average molecular weight is 498 g/mol. The maximum Gasteiger partial charge on any atom is 0.417 e. The van der Waals surface area contributed by atoms with E-state index in [2.05, 4.69) is 14.6 Å². The molecule has 0 unspecified atom stereocenters. The lowest BCUT2D eigenvalue weighted by atomic mass is 9.94. The fraction of sp³-hybridized carbons (Fsp3) is 0.208. The van der Waals surface area contributed by atoms with Gasteiger partial charge in [-0.05, 0) is 35.3 Å². The second kappa shape index (κ2) is 9.06. The van der Waals surface area contributed by atoms with Gasteiger partial charge in [-0.1, -0.05) is 34.8 Å². The van der Waals surface area contributed by atoms with Gasteiger partial charge in [0.1, 0.15) is 0 Å². The van der Waals surface area contributed by atoms with Crippen molar-refractivity contribution in [3.8, 4) is 11.1 Å². The van der Waals surface area contributed by atoms with E-state index in [1.54, 1.807) is 40.6 Å². The summed E-state index contributed by atoms with van der Waals surface area (Å²) in [4.78, 5) is 32.8. The molecule has 5 rings (SSSR count). The van der Waals surface area contributed by atoms with Crippen molar-refractivity contribution in [2.75, 3.05) is 26.2 Å². The molecule has 0 aliphatic carbocycles. The summed E-state index contributed by atoms with van der Waals surface area (Å²) in [6, 6.07) is 12.2. The number of aromatic nitrogens is 3. The number of fused-ring (bicyclic) bond motifs is 1. The number of carbonyl (C=O) groups is 2. The molecule has 7 nitrogen and oxygen atoms in total. The van der Waals surface area contributed by atoms with E-state index in [4.69, 9.17) is 0 Å². The molecule has 178 valence electrons. The smallest absolute Gasteiger partial charge is 0.335 e. The Hall–Kier alpha value is -3.86. The Bertz CT molecular complexity index is 1390. The highest BCUT2D eigenvalue weighted by Crippen LogP contribution is 2.39.